The van der Waals surface area contributed by atoms with Gasteiger partial charge in [0, 0.05) is 0 Å². The molecule has 43 heavy (non-hydrogen) atoms. The van der Waals surface area contributed by atoms with Crippen molar-refractivity contribution in [3.05, 3.63) is 0 Å². The van der Waals surface area contributed by atoms with Crippen molar-refractivity contribution < 1.29 is 24.8 Å². The van der Waals surface area contributed by atoms with E-state index in [-0.39, 0.29) is 46.0 Å². The molecule has 0 aliphatic rings. The average molecular weight is 753 g/mol. The van der Waals surface area contributed by atoms with E-state index in [1.165, 1.54) is 205 Å². The van der Waals surface area contributed by atoms with E-state index in [9.17, 15) is 0 Å². The van der Waals surface area contributed by atoms with Gasteiger partial charge in [-0.25, -0.2) is 0 Å². The van der Waals surface area contributed by atoms with Crippen LogP contribution in [0.25, 0.3) is 0 Å². The van der Waals surface area contributed by atoms with Crippen LogP contribution in [0.5, 0.6) is 0 Å². The molecule has 0 fully saturated rings. The first kappa shape index (κ1) is 48.8. The normalized spacial score (nSPS) is 10.8. The standard InChI is InChI=1S/2C20H41.2ClH.Sn/c2*1-3-5-7-9-11-13-15-17-19-20-18-16-14-12-10-8-6-4-2;;;/h2*1,3-20H2,2H3;2*1H;/q;;;;+2/p-2. The Bertz CT molecular complexity index is 393. The van der Waals surface area contributed by atoms with E-state index in [0.717, 1.165) is 0 Å². The number of halogens is 2. The van der Waals surface area contributed by atoms with Gasteiger partial charge in [0.25, 0.3) is 0 Å². The van der Waals surface area contributed by atoms with Crippen molar-refractivity contribution >= 4 is 21.1 Å². The van der Waals surface area contributed by atoms with Crippen LogP contribution in [-0.2, 0) is 0 Å². The summed E-state index contributed by atoms with van der Waals surface area (Å²) in [7, 11) is 0. The van der Waals surface area contributed by atoms with Crippen LogP contribution in [0.4, 0.5) is 0 Å². The van der Waals surface area contributed by atoms with Crippen LogP contribution in [0.1, 0.15) is 245 Å². The SMILES string of the molecule is CCCCCCCCCCCCCCCCCCC[CH2][Sn+2][CH2]CCCCCCCCCCCCCCCCCCC.[Cl-].[Cl-]. The summed E-state index contributed by atoms with van der Waals surface area (Å²) in [5, 5.41) is 0. The molecule has 0 saturated carbocycles. The predicted octanol–water partition coefficient (Wildman–Crippen LogP) is 9.62. The Morgan fingerprint density at radius 3 is 0.512 bits per heavy atom. The molecule has 0 saturated heterocycles. The molecule has 260 valence electrons. The van der Waals surface area contributed by atoms with E-state index in [1.54, 1.807) is 34.6 Å². The van der Waals surface area contributed by atoms with E-state index in [0.29, 0.717) is 0 Å². The fourth-order valence-electron chi connectivity index (χ4n) is 6.43. The first-order chi connectivity index (χ1) is 20.4. The van der Waals surface area contributed by atoms with E-state index in [2.05, 4.69) is 13.8 Å². The van der Waals surface area contributed by atoms with Gasteiger partial charge in [0.15, 0.2) is 0 Å². The Hall–Kier alpha value is 1.38. The molecular weight excluding hydrogens is 670 g/mol. The quantitative estimate of drug-likeness (QED) is 0.0436. The molecule has 0 aromatic carbocycles. The van der Waals surface area contributed by atoms with Crippen LogP contribution in [0.2, 0.25) is 8.87 Å². The molecule has 0 radical (unpaired) electrons. The summed E-state index contributed by atoms with van der Waals surface area (Å²) in [6, 6.07) is 0. The molecule has 0 spiro atoms. The zero-order valence-electron chi connectivity index (χ0n) is 30.1. The molecule has 3 heteroatoms. The van der Waals surface area contributed by atoms with Gasteiger partial charge in [0.05, 0.1) is 0 Å². The van der Waals surface area contributed by atoms with Crippen LogP contribution >= 0.6 is 0 Å². The minimum Gasteiger partial charge on any atom is -1.00 e. The molecular formula is C40H82Cl2Sn. The van der Waals surface area contributed by atoms with E-state index < -0.39 is 0 Å². The summed E-state index contributed by atoms with van der Waals surface area (Å²) >= 11 is 0.00387. The second-order valence-corrected chi connectivity index (χ2v) is 18.1. The minimum atomic E-state index is 0. The Morgan fingerprint density at radius 2 is 0.349 bits per heavy atom. The van der Waals surface area contributed by atoms with Gasteiger partial charge in [-0.1, -0.05) is 104 Å². The van der Waals surface area contributed by atoms with Crippen LogP contribution in [0.3, 0.4) is 0 Å². The fourth-order valence-corrected chi connectivity index (χ4v) is 10.00. The Balaban J connectivity index is -0.00000800. The van der Waals surface area contributed by atoms with Gasteiger partial charge in [0.1, 0.15) is 0 Å². The van der Waals surface area contributed by atoms with Crippen LogP contribution < -0.4 is 24.8 Å². The van der Waals surface area contributed by atoms with Gasteiger partial charge in [-0.3, -0.25) is 0 Å². The van der Waals surface area contributed by atoms with Gasteiger partial charge in [-0.2, -0.15) is 0 Å². The maximum atomic E-state index is 2.31. The van der Waals surface area contributed by atoms with Crippen LogP contribution in [0, 0.1) is 0 Å². The molecule has 0 heterocycles. The third kappa shape index (κ3) is 47.9. The van der Waals surface area contributed by atoms with Crippen molar-refractivity contribution in [1.82, 2.24) is 0 Å². The van der Waals surface area contributed by atoms with Crippen LogP contribution in [-0.4, -0.2) is 21.1 Å². The summed E-state index contributed by atoms with van der Waals surface area (Å²) in [6.07, 6.45) is 53.9. The van der Waals surface area contributed by atoms with Crippen molar-refractivity contribution in [3.8, 4) is 0 Å². The molecule has 0 aliphatic heterocycles. The Labute approximate surface area is 298 Å². The topological polar surface area (TPSA) is 0 Å². The molecule has 0 nitrogen and oxygen atoms in total. The molecule has 0 atom stereocenters. The second kappa shape index (κ2) is 47.8. The zero-order chi connectivity index (χ0) is 29.6. The monoisotopic (exact) mass is 752 g/mol. The predicted molar refractivity (Wildman–Crippen MR) is 193 cm³/mol. The first-order valence-corrected chi connectivity index (χ1v) is 24.2. The summed E-state index contributed by atoms with van der Waals surface area (Å²) in [4.78, 5) is 0. The maximum absolute atomic E-state index is 2.31. The molecule has 0 amide bonds. The van der Waals surface area contributed by atoms with Gasteiger partial charge in [-0.05, 0) is 0 Å². The Kier molecular flexibility index (Phi) is 54.2. The molecule has 0 rings (SSSR count). The van der Waals surface area contributed by atoms with Gasteiger partial charge < -0.3 is 24.8 Å². The molecule has 0 aromatic rings. The summed E-state index contributed by atoms with van der Waals surface area (Å²) in [5.74, 6) is 0. The second-order valence-electron chi connectivity index (χ2n) is 13.8. The Morgan fingerprint density at radius 1 is 0.209 bits per heavy atom. The molecule has 0 aromatic heterocycles. The van der Waals surface area contributed by atoms with Crippen molar-refractivity contribution in [2.24, 2.45) is 0 Å². The third-order valence-corrected chi connectivity index (χ3v) is 13.5. The number of hydrogen-bond donors (Lipinski definition) is 0. The van der Waals surface area contributed by atoms with Crippen molar-refractivity contribution in [2.75, 3.05) is 0 Å². The summed E-state index contributed by atoms with van der Waals surface area (Å²) in [6.45, 7) is 4.62. The van der Waals surface area contributed by atoms with E-state index in [4.69, 9.17) is 0 Å². The minimum absolute atomic E-state index is 0. The molecule has 0 N–H and O–H groups in total. The first-order valence-electron chi connectivity index (χ1n) is 20.1. The smallest absolute Gasteiger partial charge is 1.00 e. The van der Waals surface area contributed by atoms with Crippen LogP contribution in [0.15, 0.2) is 0 Å². The summed E-state index contributed by atoms with van der Waals surface area (Å²) in [5.41, 5.74) is 0. The van der Waals surface area contributed by atoms with Crippen molar-refractivity contribution in [3.63, 3.8) is 0 Å². The zero-order valence-corrected chi connectivity index (χ0v) is 34.5. The number of unbranched alkanes of at least 4 members (excludes halogenated alkanes) is 34. The van der Waals surface area contributed by atoms with Gasteiger partial charge >= 0.3 is 171 Å². The van der Waals surface area contributed by atoms with E-state index >= 15 is 0 Å². The third-order valence-electron chi connectivity index (χ3n) is 9.41. The van der Waals surface area contributed by atoms with Gasteiger partial charge in [-0.15, -0.1) is 0 Å². The fraction of sp³-hybridized carbons (Fsp3) is 1.00. The number of rotatable bonds is 38. The average Bonchev–Trinajstić information content (AvgIpc) is 2.98. The van der Waals surface area contributed by atoms with Crippen molar-refractivity contribution in [1.29, 1.82) is 0 Å². The molecule has 0 unspecified atom stereocenters. The summed E-state index contributed by atoms with van der Waals surface area (Å²) < 4.78 is 3.34. The number of hydrogen-bond acceptors (Lipinski definition) is 0. The molecule has 0 aliphatic carbocycles. The van der Waals surface area contributed by atoms with Crippen molar-refractivity contribution in [2.45, 2.75) is 254 Å². The molecule has 0 bridgehead atoms. The van der Waals surface area contributed by atoms with E-state index in [1.807, 2.05) is 0 Å². The van der Waals surface area contributed by atoms with Gasteiger partial charge in [0.2, 0.25) is 0 Å².